The third-order valence-electron chi connectivity index (χ3n) is 2.71. The van der Waals surface area contributed by atoms with E-state index in [0.29, 0.717) is 5.92 Å². The molecule has 2 nitrogen and oxygen atoms in total. The molecule has 72 valence electrons. The molecule has 1 aromatic heterocycles. The number of aryl methyl sites for hydroxylation is 1. The van der Waals surface area contributed by atoms with Crippen LogP contribution in [0, 0.1) is 6.92 Å². The minimum atomic E-state index is 0.691. The fraction of sp³-hybridized carbons (Fsp3) is 0.600. The lowest BCUT2D eigenvalue weighted by Crippen LogP contribution is -2.26. The maximum Gasteiger partial charge on any atom is 0.169 e. The van der Waals surface area contributed by atoms with Crippen molar-refractivity contribution in [3.05, 3.63) is 22.1 Å². The Labute approximate surface area is 86.8 Å². The van der Waals surface area contributed by atoms with E-state index in [2.05, 4.69) is 27.3 Å². The molecule has 13 heavy (non-hydrogen) atoms. The Balaban J connectivity index is 2.18. The third-order valence-corrected chi connectivity index (χ3v) is 3.10. The summed E-state index contributed by atoms with van der Waals surface area (Å²) in [5.74, 6) is 1.76. The van der Waals surface area contributed by atoms with E-state index in [0.717, 1.165) is 23.5 Å². The van der Waals surface area contributed by atoms with Crippen molar-refractivity contribution in [1.82, 2.24) is 5.32 Å². The van der Waals surface area contributed by atoms with E-state index in [1.54, 1.807) is 0 Å². The largest absolute Gasteiger partial charge is 0.454 e. The molecular weight excluding hydrogens is 230 g/mol. The van der Waals surface area contributed by atoms with Gasteiger partial charge < -0.3 is 9.73 Å². The molecule has 3 heteroatoms. The molecule has 0 atom stereocenters. The van der Waals surface area contributed by atoms with Crippen LogP contribution in [0.25, 0.3) is 0 Å². The van der Waals surface area contributed by atoms with Crippen LogP contribution in [0.2, 0.25) is 0 Å². The second kappa shape index (κ2) is 3.84. The van der Waals surface area contributed by atoms with Crippen molar-refractivity contribution in [3.63, 3.8) is 0 Å². The molecule has 1 aromatic rings. The first-order chi connectivity index (χ1) is 6.27. The van der Waals surface area contributed by atoms with Crippen molar-refractivity contribution >= 4 is 15.9 Å². The van der Waals surface area contributed by atoms with Crippen LogP contribution in [0.3, 0.4) is 0 Å². The van der Waals surface area contributed by atoms with Crippen LogP contribution in [0.5, 0.6) is 0 Å². The number of piperidine rings is 1. The van der Waals surface area contributed by atoms with Gasteiger partial charge in [0.2, 0.25) is 0 Å². The smallest absolute Gasteiger partial charge is 0.169 e. The zero-order valence-electron chi connectivity index (χ0n) is 7.77. The third kappa shape index (κ3) is 1.97. The van der Waals surface area contributed by atoms with Crippen LogP contribution < -0.4 is 5.32 Å². The Morgan fingerprint density at radius 3 is 2.69 bits per heavy atom. The number of nitrogens with one attached hydrogen (secondary N) is 1. The van der Waals surface area contributed by atoms with Crippen molar-refractivity contribution < 1.29 is 4.42 Å². The van der Waals surface area contributed by atoms with Crippen molar-refractivity contribution in [1.29, 1.82) is 0 Å². The van der Waals surface area contributed by atoms with E-state index in [9.17, 15) is 0 Å². The lowest BCUT2D eigenvalue weighted by atomic mass is 9.91. The fourth-order valence-corrected chi connectivity index (χ4v) is 2.49. The van der Waals surface area contributed by atoms with Crippen LogP contribution in [0.4, 0.5) is 0 Å². The summed E-state index contributed by atoms with van der Waals surface area (Å²) in [5, 5.41) is 3.37. The summed E-state index contributed by atoms with van der Waals surface area (Å²) in [5.41, 5.74) is 1.38. The van der Waals surface area contributed by atoms with E-state index in [-0.39, 0.29) is 0 Å². The number of halogens is 1. The van der Waals surface area contributed by atoms with Crippen LogP contribution >= 0.6 is 15.9 Å². The SMILES string of the molecule is Cc1oc(Br)cc1C1CCNCC1. The zero-order valence-corrected chi connectivity index (χ0v) is 9.36. The monoisotopic (exact) mass is 243 g/mol. The fourth-order valence-electron chi connectivity index (χ4n) is 2.00. The Morgan fingerprint density at radius 2 is 2.15 bits per heavy atom. The summed E-state index contributed by atoms with van der Waals surface area (Å²) in [7, 11) is 0. The molecule has 1 fully saturated rings. The van der Waals surface area contributed by atoms with Gasteiger partial charge in [0.05, 0.1) is 0 Å². The van der Waals surface area contributed by atoms with Crippen molar-refractivity contribution in [2.24, 2.45) is 0 Å². The summed E-state index contributed by atoms with van der Waals surface area (Å²) >= 11 is 3.37. The molecule has 1 saturated heterocycles. The minimum absolute atomic E-state index is 0.691. The Hall–Kier alpha value is -0.280. The first-order valence-corrected chi connectivity index (χ1v) is 5.53. The van der Waals surface area contributed by atoms with Gasteiger partial charge in [-0.1, -0.05) is 0 Å². The summed E-state index contributed by atoms with van der Waals surface area (Å²) < 4.78 is 6.32. The topological polar surface area (TPSA) is 25.2 Å². The Kier molecular flexibility index (Phi) is 2.74. The molecule has 0 amide bonds. The summed E-state index contributed by atoms with van der Waals surface area (Å²) in [4.78, 5) is 0. The highest BCUT2D eigenvalue weighted by atomic mass is 79.9. The van der Waals surface area contributed by atoms with Crippen LogP contribution in [-0.4, -0.2) is 13.1 Å². The van der Waals surface area contributed by atoms with Gasteiger partial charge in [-0.3, -0.25) is 0 Å². The van der Waals surface area contributed by atoms with Crippen molar-refractivity contribution in [3.8, 4) is 0 Å². The van der Waals surface area contributed by atoms with Gasteiger partial charge in [-0.05, 0) is 66.3 Å². The van der Waals surface area contributed by atoms with E-state index >= 15 is 0 Å². The second-order valence-corrected chi connectivity index (χ2v) is 4.37. The standard InChI is InChI=1S/C10H14BrNO/c1-7-9(6-10(11)13-7)8-2-4-12-5-3-8/h6,8,12H,2-5H2,1H3. The molecule has 0 bridgehead atoms. The first-order valence-electron chi connectivity index (χ1n) is 4.74. The maximum atomic E-state index is 5.46. The van der Waals surface area contributed by atoms with E-state index in [1.807, 2.05) is 6.92 Å². The van der Waals surface area contributed by atoms with Gasteiger partial charge in [-0.15, -0.1) is 0 Å². The van der Waals surface area contributed by atoms with Gasteiger partial charge in [-0.25, -0.2) is 0 Å². The Bertz CT molecular complexity index is 289. The van der Waals surface area contributed by atoms with E-state index < -0.39 is 0 Å². The Morgan fingerprint density at radius 1 is 1.46 bits per heavy atom. The van der Waals surface area contributed by atoms with Crippen LogP contribution in [0.15, 0.2) is 15.2 Å². The van der Waals surface area contributed by atoms with Crippen LogP contribution in [0.1, 0.15) is 30.1 Å². The number of hydrogen-bond donors (Lipinski definition) is 1. The van der Waals surface area contributed by atoms with Crippen molar-refractivity contribution in [2.75, 3.05) is 13.1 Å². The zero-order chi connectivity index (χ0) is 9.26. The van der Waals surface area contributed by atoms with E-state index in [1.165, 1.54) is 18.4 Å². The average molecular weight is 244 g/mol. The van der Waals surface area contributed by atoms with Gasteiger partial charge in [0.25, 0.3) is 0 Å². The van der Waals surface area contributed by atoms with Gasteiger partial charge in [0.1, 0.15) is 5.76 Å². The number of hydrogen-bond acceptors (Lipinski definition) is 2. The van der Waals surface area contributed by atoms with Crippen molar-refractivity contribution in [2.45, 2.75) is 25.7 Å². The molecule has 2 rings (SSSR count). The molecule has 0 aliphatic carbocycles. The maximum absolute atomic E-state index is 5.46. The normalized spacial score (nSPS) is 19.2. The molecule has 0 spiro atoms. The molecule has 0 radical (unpaired) electrons. The predicted octanol–water partition coefficient (Wildman–Crippen LogP) is 2.82. The van der Waals surface area contributed by atoms with Gasteiger partial charge in [-0.2, -0.15) is 0 Å². The summed E-state index contributed by atoms with van der Waals surface area (Å²) in [6.07, 6.45) is 2.46. The summed E-state index contributed by atoms with van der Waals surface area (Å²) in [6.45, 7) is 4.31. The molecule has 2 heterocycles. The van der Waals surface area contributed by atoms with Gasteiger partial charge in [0, 0.05) is 0 Å². The molecule has 1 aliphatic heterocycles. The summed E-state index contributed by atoms with van der Waals surface area (Å²) in [6, 6.07) is 2.12. The van der Waals surface area contributed by atoms with E-state index in [4.69, 9.17) is 4.42 Å². The molecule has 0 saturated carbocycles. The molecule has 1 aliphatic rings. The highest BCUT2D eigenvalue weighted by Gasteiger charge is 2.19. The van der Waals surface area contributed by atoms with Gasteiger partial charge >= 0.3 is 0 Å². The first kappa shape index (κ1) is 9.28. The quantitative estimate of drug-likeness (QED) is 0.821. The van der Waals surface area contributed by atoms with Crippen LogP contribution in [-0.2, 0) is 0 Å². The molecule has 0 unspecified atom stereocenters. The average Bonchev–Trinajstić information content (AvgIpc) is 2.47. The molecule has 1 N–H and O–H groups in total. The second-order valence-electron chi connectivity index (χ2n) is 3.59. The highest BCUT2D eigenvalue weighted by Crippen LogP contribution is 2.31. The molecule has 0 aromatic carbocycles. The number of rotatable bonds is 1. The van der Waals surface area contributed by atoms with Gasteiger partial charge in [0.15, 0.2) is 4.67 Å². The lowest BCUT2D eigenvalue weighted by molar-refractivity contribution is 0.447. The highest BCUT2D eigenvalue weighted by molar-refractivity contribution is 9.10. The lowest BCUT2D eigenvalue weighted by Gasteiger charge is -2.21. The molecular formula is C10H14BrNO. The predicted molar refractivity (Wildman–Crippen MR) is 56.0 cm³/mol. The minimum Gasteiger partial charge on any atom is -0.454 e. The number of furan rings is 1.